The fourth-order valence-electron chi connectivity index (χ4n) is 3.79. The molecule has 1 saturated heterocycles. The van der Waals surface area contributed by atoms with Gasteiger partial charge in [0.25, 0.3) is 0 Å². The van der Waals surface area contributed by atoms with Crippen LogP contribution in [0.2, 0.25) is 5.02 Å². The summed E-state index contributed by atoms with van der Waals surface area (Å²) in [5.41, 5.74) is 2.33. The van der Waals surface area contributed by atoms with E-state index >= 15 is 0 Å². The minimum absolute atomic E-state index is 0.125. The SMILES string of the molecule is CCOc1ccc(Cc2cc([C@@]3(O[C@H](C)O)CC(O)[C@H](O)C(CO)O3)ccc2Cl)cc1. The zero-order chi connectivity index (χ0) is 22.6. The number of benzene rings is 2. The number of halogens is 1. The van der Waals surface area contributed by atoms with Gasteiger partial charge >= 0.3 is 0 Å². The summed E-state index contributed by atoms with van der Waals surface area (Å²) in [4.78, 5) is 0. The zero-order valence-electron chi connectivity index (χ0n) is 17.6. The first-order chi connectivity index (χ1) is 14.8. The van der Waals surface area contributed by atoms with Crippen LogP contribution in [0.15, 0.2) is 42.5 Å². The minimum Gasteiger partial charge on any atom is -0.494 e. The smallest absolute Gasteiger partial charge is 0.200 e. The monoisotopic (exact) mass is 452 g/mol. The molecule has 0 saturated carbocycles. The molecule has 0 spiro atoms. The van der Waals surface area contributed by atoms with Crippen molar-refractivity contribution in [2.45, 2.75) is 57.1 Å². The minimum atomic E-state index is -1.56. The largest absolute Gasteiger partial charge is 0.494 e. The number of rotatable bonds is 8. The van der Waals surface area contributed by atoms with E-state index in [-0.39, 0.29) is 6.42 Å². The molecule has 1 aliphatic rings. The molecule has 2 unspecified atom stereocenters. The third-order valence-corrected chi connectivity index (χ3v) is 5.62. The summed E-state index contributed by atoms with van der Waals surface area (Å²) in [5, 5.41) is 40.6. The molecule has 2 aromatic rings. The van der Waals surface area contributed by atoms with Crippen LogP contribution in [0, 0.1) is 0 Å². The molecule has 0 radical (unpaired) electrons. The van der Waals surface area contributed by atoms with Crippen molar-refractivity contribution < 1.29 is 34.6 Å². The average Bonchev–Trinajstić information content (AvgIpc) is 2.73. The lowest BCUT2D eigenvalue weighted by Crippen LogP contribution is -2.56. The van der Waals surface area contributed by atoms with Gasteiger partial charge in [-0.25, -0.2) is 0 Å². The van der Waals surface area contributed by atoms with E-state index in [0.717, 1.165) is 16.9 Å². The third-order valence-electron chi connectivity index (χ3n) is 5.25. The number of hydrogen-bond acceptors (Lipinski definition) is 7. The molecule has 31 heavy (non-hydrogen) atoms. The first-order valence-corrected chi connectivity index (χ1v) is 10.7. The lowest BCUT2D eigenvalue weighted by atomic mass is 9.89. The molecular formula is C23H29ClO7. The van der Waals surface area contributed by atoms with Crippen molar-refractivity contribution in [3.8, 4) is 5.75 Å². The van der Waals surface area contributed by atoms with Gasteiger partial charge in [-0.3, -0.25) is 0 Å². The van der Waals surface area contributed by atoms with Gasteiger partial charge in [0, 0.05) is 17.0 Å². The highest BCUT2D eigenvalue weighted by Gasteiger charge is 2.49. The zero-order valence-corrected chi connectivity index (χ0v) is 18.3. The Labute approximate surface area is 186 Å². The second-order valence-electron chi connectivity index (χ2n) is 7.63. The molecule has 1 fully saturated rings. The first kappa shape index (κ1) is 23.9. The van der Waals surface area contributed by atoms with Crippen molar-refractivity contribution in [3.05, 3.63) is 64.2 Å². The molecule has 8 heteroatoms. The second-order valence-corrected chi connectivity index (χ2v) is 8.04. The quantitative estimate of drug-likeness (QED) is 0.455. The molecule has 2 aromatic carbocycles. The van der Waals surface area contributed by atoms with Gasteiger partial charge in [-0.2, -0.15) is 0 Å². The predicted octanol–water partition coefficient (Wildman–Crippen LogP) is 2.34. The van der Waals surface area contributed by atoms with E-state index in [1.807, 2.05) is 31.2 Å². The van der Waals surface area contributed by atoms with Crippen molar-refractivity contribution in [2.24, 2.45) is 0 Å². The Morgan fingerprint density at radius 1 is 1.19 bits per heavy atom. The molecule has 0 bridgehead atoms. The van der Waals surface area contributed by atoms with Crippen molar-refractivity contribution in [3.63, 3.8) is 0 Å². The van der Waals surface area contributed by atoms with Gasteiger partial charge in [-0.1, -0.05) is 29.8 Å². The molecule has 0 aromatic heterocycles. The van der Waals surface area contributed by atoms with E-state index in [9.17, 15) is 20.4 Å². The van der Waals surface area contributed by atoms with E-state index in [0.29, 0.717) is 23.6 Å². The van der Waals surface area contributed by atoms with Crippen LogP contribution in [0.1, 0.15) is 37.0 Å². The molecule has 0 amide bonds. The van der Waals surface area contributed by atoms with E-state index in [4.69, 9.17) is 25.8 Å². The average molecular weight is 453 g/mol. The van der Waals surface area contributed by atoms with Crippen LogP contribution in [-0.2, 0) is 21.7 Å². The highest BCUT2D eigenvalue weighted by Crippen LogP contribution is 2.41. The van der Waals surface area contributed by atoms with E-state index < -0.39 is 37.0 Å². The topological polar surface area (TPSA) is 109 Å². The summed E-state index contributed by atoms with van der Waals surface area (Å²) in [6, 6.07) is 12.9. The van der Waals surface area contributed by atoms with Crippen molar-refractivity contribution in [2.75, 3.05) is 13.2 Å². The van der Waals surface area contributed by atoms with Gasteiger partial charge < -0.3 is 34.6 Å². The lowest BCUT2D eigenvalue weighted by Gasteiger charge is -2.45. The number of aliphatic hydroxyl groups is 4. The van der Waals surface area contributed by atoms with Gasteiger partial charge in [0.1, 0.15) is 18.0 Å². The summed E-state index contributed by atoms with van der Waals surface area (Å²) in [7, 11) is 0. The first-order valence-electron chi connectivity index (χ1n) is 10.3. The molecule has 7 nitrogen and oxygen atoms in total. The highest BCUT2D eigenvalue weighted by atomic mass is 35.5. The Morgan fingerprint density at radius 3 is 2.52 bits per heavy atom. The molecule has 1 aliphatic heterocycles. The molecule has 5 atom stereocenters. The fraction of sp³-hybridized carbons (Fsp3) is 0.478. The van der Waals surface area contributed by atoms with Crippen LogP contribution >= 0.6 is 11.6 Å². The van der Waals surface area contributed by atoms with Gasteiger partial charge in [0.2, 0.25) is 5.79 Å². The Kier molecular flexibility index (Phi) is 7.93. The Bertz CT molecular complexity index is 858. The van der Waals surface area contributed by atoms with Crippen LogP contribution in [0.4, 0.5) is 0 Å². The standard InChI is InChI=1S/C23H29ClO7/c1-3-29-18-7-4-15(5-8-18)10-16-11-17(6-9-19(16)24)23(30-14(2)26)12-20(27)22(28)21(13-25)31-23/h4-9,11,14,20-22,25-28H,3,10,12-13H2,1-2H3/t14-,20?,21?,22+,23-/m1/s1. The maximum Gasteiger partial charge on any atom is 0.200 e. The summed E-state index contributed by atoms with van der Waals surface area (Å²) >= 11 is 6.44. The van der Waals surface area contributed by atoms with E-state index in [2.05, 4.69) is 0 Å². The van der Waals surface area contributed by atoms with Crippen molar-refractivity contribution >= 4 is 11.6 Å². The molecule has 170 valence electrons. The van der Waals surface area contributed by atoms with Crippen LogP contribution in [0.25, 0.3) is 0 Å². The van der Waals surface area contributed by atoms with Crippen LogP contribution < -0.4 is 4.74 Å². The maximum atomic E-state index is 10.4. The Morgan fingerprint density at radius 2 is 1.90 bits per heavy atom. The van der Waals surface area contributed by atoms with Crippen LogP contribution in [-0.4, -0.2) is 58.2 Å². The van der Waals surface area contributed by atoms with Gasteiger partial charge in [-0.05, 0) is 55.7 Å². The number of ether oxygens (including phenoxy) is 3. The molecular weight excluding hydrogens is 424 g/mol. The second kappa shape index (κ2) is 10.3. The van der Waals surface area contributed by atoms with E-state index in [1.165, 1.54) is 6.92 Å². The normalized spacial score (nSPS) is 27.1. The van der Waals surface area contributed by atoms with E-state index in [1.54, 1.807) is 18.2 Å². The highest BCUT2D eigenvalue weighted by molar-refractivity contribution is 6.31. The summed E-state index contributed by atoms with van der Waals surface area (Å²) < 4.78 is 17.1. The lowest BCUT2D eigenvalue weighted by molar-refractivity contribution is -0.364. The summed E-state index contributed by atoms with van der Waals surface area (Å²) in [6.07, 6.45) is -4.38. The molecule has 0 aliphatic carbocycles. The van der Waals surface area contributed by atoms with Crippen molar-refractivity contribution in [1.29, 1.82) is 0 Å². The number of hydrogen-bond donors (Lipinski definition) is 4. The molecule has 1 heterocycles. The van der Waals surface area contributed by atoms with Gasteiger partial charge in [0.15, 0.2) is 6.29 Å². The maximum absolute atomic E-state index is 10.4. The molecule has 3 rings (SSSR count). The predicted molar refractivity (Wildman–Crippen MR) is 115 cm³/mol. The third kappa shape index (κ3) is 5.56. The summed E-state index contributed by atoms with van der Waals surface area (Å²) in [5.74, 6) is -0.771. The van der Waals surface area contributed by atoms with Gasteiger partial charge in [0.05, 0.1) is 19.3 Å². The number of aliphatic hydroxyl groups excluding tert-OH is 4. The Hall–Kier alpha value is -1.71. The fourth-order valence-corrected chi connectivity index (χ4v) is 3.98. The van der Waals surface area contributed by atoms with Crippen LogP contribution in [0.3, 0.4) is 0 Å². The summed E-state index contributed by atoms with van der Waals surface area (Å²) in [6.45, 7) is 3.42. The van der Waals surface area contributed by atoms with Crippen LogP contribution in [0.5, 0.6) is 5.75 Å². The Balaban J connectivity index is 1.94. The van der Waals surface area contributed by atoms with Crippen molar-refractivity contribution in [1.82, 2.24) is 0 Å². The van der Waals surface area contributed by atoms with Gasteiger partial charge in [-0.15, -0.1) is 0 Å². The molecule has 4 N–H and O–H groups in total.